The first-order valence-corrected chi connectivity index (χ1v) is 6.94. The van der Waals surface area contributed by atoms with Crippen molar-refractivity contribution in [1.29, 1.82) is 0 Å². The summed E-state index contributed by atoms with van der Waals surface area (Å²) < 4.78 is 0. The van der Waals surface area contributed by atoms with Crippen LogP contribution in [0.25, 0.3) is 0 Å². The molecule has 1 saturated heterocycles. The third-order valence-corrected chi connectivity index (χ3v) is 4.93. The van der Waals surface area contributed by atoms with E-state index in [1.165, 1.54) is 55.0 Å². The van der Waals surface area contributed by atoms with E-state index in [0.29, 0.717) is 6.04 Å². The predicted octanol–water partition coefficient (Wildman–Crippen LogP) is 3.23. The molecule has 1 aliphatic carbocycles. The largest absolute Gasteiger partial charge is 0.308 e. The van der Waals surface area contributed by atoms with Crippen LogP contribution in [0.1, 0.15) is 60.4 Å². The number of aromatic nitrogens is 1. The van der Waals surface area contributed by atoms with Crippen molar-refractivity contribution in [1.82, 2.24) is 10.3 Å². The molecule has 1 saturated carbocycles. The quantitative estimate of drug-likeness (QED) is 0.831. The summed E-state index contributed by atoms with van der Waals surface area (Å²) in [5.74, 6) is 0.847. The highest BCUT2D eigenvalue weighted by molar-refractivity contribution is 7.11. The molecule has 0 bridgehead atoms. The van der Waals surface area contributed by atoms with Crippen LogP contribution in [-0.4, -0.2) is 11.5 Å². The van der Waals surface area contributed by atoms with Gasteiger partial charge in [-0.15, -0.1) is 11.3 Å². The molecule has 2 heterocycles. The molecule has 2 fully saturated rings. The maximum atomic E-state index is 4.60. The van der Waals surface area contributed by atoms with Gasteiger partial charge in [0.15, 0.2) is 0 Å². The van der Waals surface area contributed by atoms with Crippen LogP contribution in [-0.2, 0) is 0 Å². The number of hydrogen-bond acceptors (Lipinski definition) is 3. The van der Waals surface area contributed by atoms with E-state index >= 15 is 0 Å². The van der Waals surface area contributed by atoms with E-state index in [9.17, 15) is 0 Å². The van der Waals surface area contributed by atoms with E-state index in [0.717, 1.165) is 5.92 Å². The van der Waals surface area contributed by atoms with Crippen LogP contribution in [0.15, 0.2) is 6.20 Å². The molecule has 0 amide bonds. The van der Waals surface area contributed by atoms with Crippen LogP contribution in [0.2, 0.25) is 0 Å². The highest BCUT2D eigenvalue weighted by Crippen LogP contribution is 2.40. The van der Waals surface area contributed by atoms with Gasteiger partial charge in [-0.2, -0.15) is 0 Å². The van der Waals surface area contributed by atoms with Crippen LogP contribution in [0.3, 0.4) is 0 Å². The lowest BCUT2D eigenvalue weighted by Gasteiger charge is -2.24. The van der Waals surface area contributed by atoms with Gasteiger partial charge in [0.2, 0.25) is 0 Å². The van der Waals surface area contributed by atoms with Gasteiger partial charge < -0.3 is 5.32 Å². The number of rotatable bonds is 2. The Kier molecular flexibility index (Phi) is 2.76. The predicted molar refractivity (Wildman–Crippen MR) is 63.3 cm³/mol. The molecule has 0 aromatic carbocycles. The van der Waals surface area contributed by atoms with Gasteiger partial charge in [0.1, 0.15) is 5.01 Å². The minimum Gasteiger partial charge on any atom is -0.308 e. The molecule has 0 radical (unpaired) electrons. The third-order valence-electron chi connectivity index (χ3n) is 3.66. The SMILES string of the molecule is c1nc(C2CCCCN2)sc1C1CCC1. The average molecular weight is 222 g/mol. The molecular weight excluding hydrogens is 204 g/mol. The summed E-state index contributed by atoms with van der Waals surface area (Å²) in [6.07, 6.45) is 10.3. The van der Waals surface area contributed by atoms with Crippen LogP contribution in [0, 0.1) is 0 Å². The second-order valence-electron chi connectivity index (χ2n) is 4.73. The molecule has 1 aliphatic heterocycles. The van der Waals surface area contributed by atoms with Crippen molar-refractivity contribution >= 4 is 11.3 Å². The second kappa shape index (κ2) is 4.22. The molecule has 0 spiro atoms. The standard InChI is InChI=1S/C12H18N2S/c1-2-7-13-10(6-1)12-14-8-11(15-12)9-4-3-5-9/h8-10,13H,1-7H2. The average Bonchev–Trinajstić information content (AvgIpc) is 2.66. The zero-order valence-electron chi connectivity index (χ0n) is 9.04. The van der Waals surface area contributed by atoms with Crippen molar-refractivity contribution in [2.24, 2.45) is 0 Å². The second-order valence-corrected chi connectivity index (χ2v) is 5.82. The zero-order chi connectivity index (χ0) is 10.1. The summed E-state index contributed by atoms with van der Waals surface area (Å²) in [5, 5.41) is 4.90. The Hall–Kier alpha value is -0.410. The maximum absolute atomic E-state index is 4.60. The molecule has 82 valence electrons. The first-order chi connectivity index (χ1) is 7.43. The minimum atomic E-state index is 0.553. The summed E-state index contributed by atoms with van der Waals surface area (Å²) in [7, 11) is 0. The molecule has 1 N–H and O–H groups in total. The minimum absolute atomic E-state index is 0.553. The van der Waals surface area contributed by atoms with E-state index in [4.69, 9.17) is 0 Å². The number of hydrogen-bond donors (Lipinski definition) is 1. The van der Waals surface area contributed by atoms with Crippen molar-refractivity contribution in [3.63, 3.8) is 0 Å². The summed E-state index contributed by atoms with van der Waals surface area (Å²) in [4.78, 5) is 6.13. The first kappa shape index (κ1) is 9.79. The van der Waals surface area contributed by atoms with E-state index in [1.54, 1.807) is 0 Å². The zero-order valence-corrected chi connectivity index (χ0v) is 9.85. The lowest BCUT2D eigenvalue weighted by molar-refractivity contribution is 0.411. The molecule has 1 aromatic rings. The molecule has 3 heteroatoms. The number of nitrogens with zero attached hydrogens (tertiary/aromatic N) is 1. The lowest BCUT2D eigenvalue weighted by atomic mass is 9.85. The van der Waals surface area contributed by atoms with Gasteiger partial charge in [-0.3, -0.25) is 0 Å². The van der Waals surface area contributed by atoms with Crippen molar-refractivity contribution in [3.8, 4) is 0 Å². The molecule has 1 unspecified atom stereocenters. The van der Waals surface area contributed by atoms with Gasteiger partial charge in [0, 0.05) is 11.1 Å². The summed E-state index contributed by atoms with van der Waals surface area (Å²) in [6.45, 7) is 1.17. The monoisotopic (exact) mass is 222 g/mol. The molecule has 2 aliphatic rings. The fraction of sp³-hybridized carbons (Fsp3) is 0.750. The van der Waals surface area contributed by atoms with Gasteiger partial charge in [0.25, 0.3) is 0 Å². The van der Waals surface area contributed by atoms with E-state index in [2.05, 4.69) is 16.5 Å². The van der Waals surface area contributed by atoms with Gasteiger partial charge in [0.05, 0.1) is 6.04 Å². The van der Waals surface area contributed by atoms with E-state index in [-0.39, 0.29) is 0 Å². The smallest absolute Gasteiger partial charge is 0.110 e. The van der Waals surface area contributed by atoms with Crippen LogP contribution in [0.4, 0.5) is 0 Å². The Morgan fingerprint density at radius 2 is 2.13 bits per heavy atom. The summed E-state index contributed by atoms with van der Waals surface area (Å²) in [5.41, 5.74) is 0. The Morgan fingerprint density at radius 3 is 2.80 bits per heavy atom. The van der Waals surface area contributed by atoms with Crippen LogP contribution < -0.4 is 5.32 Å². The first-order valence-electron chi connectivity index (χ1n) is 6.12. The molecule has 3 rings (SSSR count). The van der Waals surface area contributed by atoms with Crippen molar-refractivity contribution < 1.29 is 0 Å². The fourth-order valence-corrected chi connectivity index (χ4v) is 3.60. The Bertz CT molecular complexity index is 324. The molecule has 1 atom stereocenters. The van der Waals surface area contributed by atoms with Crippen LogP contribution >= 0.6 is 11.3 Å². The Morgan fingerprint density at radius 1 is 1.20 bits per heavy atom. The molecular formula is C12H18N2S. The highest BCUT2D eigenvalue weighted by atomic mass is 32.1. The number of nitrogens with one attached hydrogen (secondary N) is 1. The van der Waals surface area contributed by atoms with Gasteiger partial charge in [-0.05, 0) is 38.1 Å². The van der Waals surface area contributed by atoms with Crippen LogP contribution in [0.5, 0.6) is 0 Å². The molecule has 1 aromatic heterocycles. The van der Waals surface area contributed by atoms with E-state index in [1.807, 2.05) is 11.3 Å². The van der Waals surface area contributed by atoms with Crippen molar-refractivity contribution in [2.75, 3.05) is 6.54 Å². The number of thiazole rings is 1. The lowest BCUT2D eigenvalue weighted by Crippen LogP contribution is -2.26. The van der Waals surface area contributed by atoms with Crippen molar-refractivity contribution in [3.05, 3.63) is 16.1 Å². The summed E-state index contributed by atoms with van der Waals surface area (Å²) >= 11 is 1.95. The molecule has 2 nitrogen and oxygen atoms in total. The third kappa shape index (κ3) is 1.95. The summed E-state index contributed by atoms with van der Waals surface area (Å²) in [6, 6.07) is 0.553. The number of piperidine rings is 1. The van der Waals surface area contributed by atoms with Gasteiger partial charge in [-0.1, -0.05) is 12.8 Å². The van der Waals surface area contributed by atoms with Crippen molar-refractivity contribution in [2.45, 2.75) is 50.5 Å². The maximum Gasteiger partial charge on any atom is 0.110 e. The normalized spacial score (nSPS) is 27.6. The highest BCUT2D eigenvalue weighted by Gasteiger charge is 2.24. The van der Waals surface area contributed by atoms with Gasteiger partial charge in [-0.25, -0.2) is 4.98 Å². The topological polar surface area (TPSA) is 24.9 Å². The fourth-order valence-electron chi connectivity index (χ4n) is 2.41. The Balaban J connectivity index is 1.71. The van der Waals surface area contributed by atoms with Gasteiger partial charge >= 0.3 is 0 Å². The molecule has 15 heavy (non-hydrogen) atoms. The Labute approximate surface area is 95.1 Å². The van der Waals surface area contributed by atoms with E-state index < -0.39 is 0 Å².